The summed E-state index contributed by atoms with van der Waals surface area (Å²) in [6.45, 7) is 6.24. The summed E-state index contributed by atoms with van der Waals surface area (Å²) < 4.78 is 3.95. The molecule has 0 aliphatic carbocycles. The zero-order chi connectivity index (χ0) is 27.8. The summed E-state index contributed by atoms with van der Waals surface area (Å²) in [6, 6.07) is 12.8. The average Bonchev–Trinajstić information content (AvgIpc) is 3.53. The predicted octanol–water partition coefficient (Wildman–Crippen LogP) is 8.55. The van der Waals surface area contributed by atoms with Gasteiger partial charge in [0.05, 0.1) is 24.3 Å². The zero-order valence-electron chi connectivity index (χ0n) is 25.7. The molecule has 0 unspecified atom stereocenters. The predicted molar refractivity (Wildman–Crippen MR) is 175 cm³/mol. The number of azo groups is 2. The Balaban J connectivity index is 0.00000294. The number of unbranched alkanes of at least 4 members (excludes halogenated alkanes) is 2. The molecule has 2 aromatic heterocycles. The molecule has 0 aliphatic heterocycles. The van der Waals surface area contributed by atoms with Crippen LogP contribution in [0.2, 0.25) is 0 Å². The maximum atomic E-state index is 4.45. The average molecular weight is 593 g/mol. The third-order valence-electron chi connectivity index (χ3n) is 6.74. The zero-order valence-corrected chi connectivity index (χ0v) is 27.3. The fraction of sp³-hybridized carbons (Fsp3) is 0.355. The molecule has 0 spiro atoms. The number of rotatable bonds is 12. The van der Waals surface area contributed by atoms with E-state index in [1.165, 1.54) is 17.8 Å². The van der Waals surface area contributed by atoms with Crippen LogP contribution in [0.15, 0.2) is 80.0 Å². The quantitative estimate of drug-likeness (QED) is 0.0716. The van der Waals surface area contributed by atoms with Gasteiger partial charge >= 0.3 is 10.3 Å². The molecule has 0 amide bonds. The molecule has 0 saturated carbocycles. The molecular formula is C31H44N8S2. The van der Waals surface area contributed by atoms with Crippen molar-refractivity contribution < 1.29 is 9.13 Å². The lowest BCUT2D eigenvalue weighted by atomic mass is 10.1. The number of anilines is 2. The van der Waals surface area contributed by atoms with E-state index in [4.69, 9.17) is 0 Å². The molecule has 8 nitrogen and oxygen atoms in total. The highest BCUT2D eigenvalue weighted by atomic mass is 32.1. The van der Waals surface area contributed by atoms with Crippen LogP contribution in [0.1, 0.15) is 30.4 Å². The van der Waals surface area contributed by atoms with Crippen LogP contribution in [-0.2, 0) is 14.1 Å². The second kappa shape index (κ2) is 16.1. The van der Waals surface area contributed by atoms with Gasteiger partial charge in [0, 0.05) is 49.3 Å². The molecule has 0 atom stereocenters. The number of aromatic nitrogens is 2. The van der Waals surface area contributed by atoms with Crippen LogP contribution in [0.4, 0.5) is 33.0 Å². The van der Waals surface area contributed by atoms with Crippen LogP contribution in [0.25, 0.3) is 0 Å². The minimum atomic E-state index is 0. The minimum absolute atomic E-state index is 0. The number of thiazole rings is 2. The van der Waals surface area contributed by atoms with E-state index in [1.54, 1.807) is 22.7 Å². The second-order valence-electron chi connectivity index (χ2n) is 9.84. The lowest BCUT2D eigenvalue weighted by Crippen LogP contribution is -2.23. The van der Waals surface area contributed by atoms with Gasteiger partial charge in [-0.1, -0.05) is 0 Å². The van der Waals surface area contributed by atoms with Gasteiger partial charge in [-0.25, -0.2) is 9.13 Å². The molecule has 0 saturated heterocycles. The summed E-state index contributed by atoms with van der Waals surface area (Å²) in [7, 11) is 8.28. The third-order valence-corrected chi connectivity index (χ3v) is 8.41. The van der Waals surface area contributed by atoms with Gasteiger partial charge in [0.2, 0.25) is 0 Å². The van der Waals surface area contributed by atoms with Crippen LogP contribution in [-0.4, -0.2) is 27.2 Å². The largest absolute Gasteiger partial charge is 0.408 e. The maximum absolute atomic E-state index is 4.45. The first-order chi connectivity index (χ1) is 18.8. The van der Waals surface area contributed by atoms with Gasteiger partial charge in [-0.2, -0.15) is 0 Å². The Kier molecular flexibility index (Phi) is 13.2. The van der Waals surface area contributed by atoms with Gasteiger partial charge in [-0.3, -0.25) is 0 Å². The van der Waals surface area contributed by atoms with Gasteiger partial charge in [-0.05, 0) is 114 Å². The highest BCUT2D eigenvalue weighted by Gasteiger charge is 2.11. The normalized spacial score (nSPS) is 11.1. The fourth-order valence-electron chi connectivity index (χ4n) is 4.15. The van der Waals surface area contributed by atoms with E-state index in [9.17, 15) is 0 Å². The summed E-state index contributed by atoms with van der Waals surface area (Å²) in [4.78, 5) is 4.65. The van der Waals surface area contributed by atoms with Gasteiger partial charge in [0.25, 0.3) is 0 Å². The topological polar surface area (TPSA) is 63.7 Å². The van der Waals surface area contributed by atoms with Crippen molar-refractivity contribution in [1.29, 1.82) is 0 Å². The second-order valence-corrected chi connectivity index (χ2v) is 11.6. The number of aryl methyl sites for hydroxylation is 4. The van der Waals surface area contributed by atoms with Gasteiger partial charge in [0.15, 0.2) is 0 Å². The Labute approximate surface area is 254 Å². The lowest BCUT2D eigenvalue weighted by molar-refractivity contribution is -0.654. The van der Waals surface area contributed by atoms with E-state index in [0.29, 0.717) is 0 Å². The molecule has 2 aromatic carbocycles. The van der Waals surface area contributed by atoms with E-state index in [2.05, 4.69) is 94.6 Å². The van der Waals surface area contributed by atoms with Crippen LogP contribution in [0.3, 0.4) is 0 Å². The molecule has 10 heteroatoms. The third kappa shape index (κ3) is 9.26. The van der Waals surface area contributed by atoms with Crippen molar-refractivity contribution >= 4 is 55.7 Å². The number of hydrogen-bond donors (Lipinski definition) is 0. The van der Waals surface area contributed by atoms with Crippen molar-refractivity contribution in [2.75, 3.05) is 37.0 Å². The number of hydrogen-bond acceptors (Lipinski definition) is 8. The maximum Gasteiger partial charge on any atom is 0.408 e. The molecule has 4 rings (SSSR count). The Morgan fingerprint density at radius 3 is 1.39 bits per heavy atom. The van der Waals surface area contributed by atoms with Crippen LogP contribution in [0, 0.1) is 28.7 Å². The molecule has 0 bridgehead atoms. The fourth-order valence-corrected chi connectivity index (χ4v) is 5.51. The first kappa shape index (κ1) is 33.7. The van der Waals surface area contributed by atoms with E-state index in [0.717, 1.165) is 58.7 Å². The van der Waals surface area contributed by atoms with Crippen molar-refractivity contribution in [3.63, 3.8) is 0 Å². The molecule has 41 heavy (non-hydrogen) atoms. The Bertz CT molecular complexity index is 1330. The van der Waals surface area contributed by atoms with Crippen LogP contribution < -0.4 is 18.9 Å². The Morgan fingerprint density at radius 1 is 0.634 bits per heavy atom. The molecule has 0 aliphatic rings. The summed E-state index contributed by atoms with van der Waals surface area (Å²) in [5.74, 6) is 0. The smallest absolute Gasteiger partial charge is 0.375 e. The van der Waals surface area contributed by atoms with Crippen molar-refractivity contribution in [1.82, 2.24) is 0 Å². The summed E-state index contributed by atoms with van der Waals surface area (Å²) in [5.41, 5.74) is 6.51. The molecular weight excluding hydrogens is 549 g/mol. The molecule has 4 aromatic rings. The molecule has 0 N–H and O–H groups in total. The SMILES string of the molecule is Cc1cc(N(C)CCCCCN(C)c2ccc(N=Nc3scc[n+]3C)c(C)c2)ccc1N=Nc1scc[n+]1C.[CH3-].[CH3-]. The first-order valence-electron chi connectivity index (χ1n) is 13.1. The van der Waals surface area contributed by atoms with Crippen molar-refractivity contribution in [3.05, 3.63) is 85.5 Å². The van der Waals surface area contributed by atoms with Gasteiger partial charge < -0.3 is 24.7 Å². The van der Waals surface area contributed by atoms with Gasteiger partial charge in [-0.15, -0.1) is 0 Å². The molecule has 0 radical (unpaired) electrons. The monoisotopic (exact) mass is 592 g/mol. The highest BCUT2D eigenvalue weighted by molar-refractivity contribution is 7.13. The summed E-state index contributed by atoms with van der Waals surface area (Å²) in [6.07, 6.45) is 7.46. The van der Waals surface area contributed by atoms with E-state index < -0.39 is 0 Å². The minimum Gasteiger partial charge on any atom is -0.375 e. The van der Waals surface area contributed by atoms with Crippen molar-refractivity contribution in [3.8, 4) is 0 Å². The van der Waals surface area contributed by atoms with Crippen LogP contribution in [0.5, 0.6) is 0 Å². The van der Waals surface area contributed by atoms with Gasteiger partial charge in [0.1, 0.15) is 23.8 Å². The van der Waals surface area contributed by atoms with E-state index in [1.807, 2.05) is 46.4 Å². The number of nitrogens with zero attached hydrogens (tertiary/aromatic N) is 8. The first-order valence-corrected chi connectivity index (χ1v) is 14.9. The molecule has 220 valence electrons. The standard InChI is InChI=1S/C29H38N8S2.2CH3/c1-22-20-24(10-12-26(22)30-32-28-36(5)16-18-38-28)34(3)14-8-7-9-15-35(4)25-11-13-27(23(2)21-25)31-33-29-37(6)17-19-39-29;;/h10-13,16-21H,7-9,14-15H2,1-6H3;2*1H3/q+2;2*-1. The lowest BCUT2D eigenvalue weighted by Gasteiger charge is -2.22. The van der Waals surface area contributed by atoms with Crippen molar-refractivity contribution in [2.24, 2.45) is 34.6 Å². The summed E-state index contributed by atoms with van der Waals surface area (Å²) >= 11 is 3.16. The van der Waals surface area contributed by atoms with E-state index >= 15 is 0 Å². The molecule has 0 fully saturated rings. The molecule has 2 heterocycles. The van der Waals surface area contributed by atoms with Crippen molar-refractivity contribution in [2.45, 2.75) is 33.1 Å². The van der Waals surface area contributed by atoms with E-state index in [-0.39, 0.29) is 14.9 Å². The Morgan fingerprint density at radius 2 is 1.05 bits per heavy atom. The Hall–Kier alpha value is -3.50. The number of benzene rings is 2. The highest BCUT2D eigenvalue weighted by Crippen LogP contribution is 2.28. The van der Waals surface area contributed by atoms with Crippen LogP contribution >= 0.6 is 22.7 Å². The summed E-state index contributed by atoms with van der Waals surface area (Å²) in [5, 5.41) is 23.5.